The molecule has 20 heavy (non-hydrogen) atoms. The van der Waals surface area contributed by atoms with E-state index >= 15 is 0 Å². The minimum absolute atomic E-state index is 0.156. The molecule has 110 valence electrons. The lowest BCUT2D eigenvalue weighted by Crippen LogP contribution is -2.23. The van der Waals surface area contributed by atoms with Crippen LogP contribution in [0.2, 0.25) is 0 Å². The van der Waals surface area contributed by atoms with Gasteiger partial charge >= 0.3 is 0 Å². The molecule has 0 fully saturated rings. The molecule has 0 aliphatic rings. The van der Waals surface area contributed by atoms with Crippen molar-refractivity contribution in [2.45, 2.75) is 46.2 Å². The van der Waals surface area contributed by atoms with Gasteiger partial charge in [0.1, 0.15) is 0 Å². The molecule has 5 heteroatoms. The summed E-state index contributed by atoms with van der Waals surface area (Å²) >= 11 is 0. The van der Waals surface area contributed by atoms with Crippen molar-refractivity contribution in [2.75, 3.05) is 6.54 Å². The first-order chi connectivity index (χ1) is 9.69. The van der Waals surface area contributed by atoms with Gasteiger partial charge in [-0.1, -0.05) is 20.8 Å². The van der Waals surface area contributed by atoms with E-state index in [1.165, 1.54) is 11.3 Å². The van der Waals surface area contributed by atoms with Crippen LogP contribution in [0.4, 0.5) is 0 Å². The standard InChI is InChI=1S/C15H25N5/c1-5-8-20-11-12(10-17-20)15(16-7-3)14-9-13(6-2)18-19(14)4/h9-11,15-16H,5-8H2,1-4H3. The highest BCUT2D eigenvalue weighted by Gasteiger charge is 2.19. The SMILES string of the molecule is CCCn1cc(C(NCC)c2cc(CC)nn2C)cn1. The molecule has 0 spiro atoms. The number of hydrogen-bond acceptors (Lipinski definition) is 3. The smallest absolute Gasteiger partial charge is 0.0778 e. The van der Waals surface area contributed by atoms with Gasteiger partial charge in [0.05, 0.1) is 23.6 Å². The predicted molar refractivity (Wildman–Crippen MR) is 80.6 cm³/mol. The Kier molecular flexibility index (Phi) is 4.95. The molecule has 5 nitrogen and oxygen atoms in total. The highest BCUT2D eigenvalue weighted by molar-refractivity contribution is 5.25. The molecule has 0 aromatic carbocycles. The molecule has 0 aliphatic carbocycles. The summed E-state index contributed by atoms with van der Waals surface area (Å²) in [6, 6.07) is 2.34. The number of aromatic nitrogens is 4. The van der Waals surface area contributed by atoms with Gasteiger partial charge in [0.15, 0.2) is 0 Å². The number of rotatable bonds is 7. The van der Waals surface area contributed by atoms with E-state index in [1.807, 2.05) is 22.6 Å². The van der Waals surface area contributed by atoms with Crippen molar-refractivity contribution in [1.82, 2.24) is 24.9 Å². The Hall–Kier alpha value is -1.62. The summed E-state index contributed by atoms with van der Waals surface area (Å²) in [5.41, 5.74) is 3.53. The second-order valence-electron chi connectivity index (χ2n) is 5.07. The molecule has 2 aromatic heterocycles. The molecule has 0 aliphatic heterocycles. The van der Waals surface area contributed by atoms with Gasteiger partial charge in [-0.3, -0.25) is 9.36 Å². The third-order valence-corrected chi connectivity index (χ3v) is 3.47. The van der Waals surface area contributed by atoms with Crippen molar-refractivity contribution < 1.29 is 0 Å². The van der Waals surface area contributed by atoms with Crippen LogP contribution in [0.3, 0.4) is 0 Å². The van der Waals surface area contributed by atoms with Crippen molar-refractivity contribution in [3.63, 3.8) is 0 Å². The normalized spacial score (nSPS) is 12.8. The first kappa shape index (κ1) is 14.8. The number of nitrogens with one attached hydrogen (secondary N) is 1. The summed E-state index contributed by atoms with van der Waals surface area (Å²) in [6.45, 7) is 8.30. The van der Waals surface area contributed by atoms with E-state index in [1.54, 1.807) is 0 Å². The largest absolute Gasteiger partial charge is 0.305 e. The maximum Gasteiger partial charge on any atom is 0.0778 e. The fraction of sp³-hybridized carbons (Fsp3) is 0.600. The van der Waals surface area contributed by atoms with Gasteiger partial charge in [-0.2, -0.15) is 10.2 Å². The van der Waals surface area contributed by atoms with E-state index < -0.39 is 0 Å². The maximum atomic E-state index is 4.55. The van der Waals surface area contributed by atoms with E-state index in [4.69, 9.17) is 0 Å². The van der Waals surface area contributed by atoms with Gasteiger partial charge in [0.2, 0.25) is 0 Å². The van der Waals surface area contributed by atoms with E-state index in [-0.39, 0.29) is 6.04 Å². The highest BCUT2D eigenvalue weighted by atomic mass is 15.3. The van der Waals surface area contributed by atoms with E-state index in [9.17, 15) is 0 Å². The fourth-order valence-corrected chi connectivity index (χ4v) is 2.46. The Morgan fingerprint density at radius 2 is 2.10 bits per heavy atom. The van der Waals surface area contributed by atoms with E-state index in [2.05, 4.69) is 48.5 Å². The summed E-state index contributed by atoms with van der Waals surface area (Å²) in [5, 5.41) is 12.5. The molecule has 0 amide bonds. The minimum atomic E-state index is 0.156. The van der Waals surface area contributed by atoms with Gasteiger partial charge < -0.3 is 5.32 Å². The van der Waals surface area contributed by atoms with E-state index in [0.29, 0.717) is 0 Å². The lowest BCUT2D eigenvalue weighted by molar-refractivity contribution is 0.567. The Morgan fingerprint density at radius 1 is 1.30 bits per heavy atom. The van der Waals surface area contributed by atoms with Crippen LogP contribution in [0.15, 0.2) is 18.5 Å². The Balaban J connectivity index is 2.31. The van der Waals surface area contributed by atoms with E-state index in [0.717, 1.165) is 31.6 Å². The third-order valence-electron chi connectivity index (χ3n) is 3.47. The zero-order chi connectivity index (χ0) is 14.5. The van der Waals surface area contributed by atoms with Gasteiger partial charge in [-0.25, -0.2) is 0 Å². The second-order valence-corrected chi connectivity index (χ2v) is 5.07. The highest BCUT2D eigenvalue weighted by Crippen LogP contribution is 2.22. The third kappa shape index (κ3) is 3.10. The second kappa shape index (κ2) is 6.70. The van der Waals surface area contributed by atoms with Crippen molar-refractivity contribution in [1.29, 1.82) is 0 Å². The molecule has 0 saturated carbocycles. The fourth-order valence-electron chi connectivity index (χ4n) is 2.46. The number of hydrogen-bond donors (Lipinski definition) is 1. The summed E-state index contributed by atoms with van der Waals surface area (Å²) < 4.78 is 3.99. The predicted octanol–water partition coefficient (Wildman–Crippen LogP) is 2.29. The molecule has 0 radical (unpaired) electrons. The molecular formula is C15H25N5. The molecule has 2 rings (SSSR count). The minimum Gasteiger partial charge on any atom is -0.305 e. The molecule has 1 unspecified atom stereocenters. The van der Waals surface area contributed by atoms with Crippen molar-refractivity contribution in [3.8, 4) is 0 Å². The zero-order valence-electron chi connectivity index (χ0n) is 12.9. The maximum absolute atomic E-state index is 4.55. The van der Waals surface area contributed by atoms with Crippen LogP contribution < -0.4 is 5.32 Å². The van der Waals surface area contributed by atoms with Crippen LogP contribution >= 0.6 is 0 Å². The average molecular weight is 275 g/mol. The first-order valence-electron chi connectivity index (χ1n) is 7.48. The topological polar surface area (TPSA) is 47.7 Å². The summed E-state index contributed by atoms with van der Waals surface area (Å²) in [6.07, 6.45) is 6.15. The zero-order valence-corrected chi connectivity index (χ0v) is 12.9. The van der Waals surface area contributed by atoms with Gasteiger partial charge in [-0.05, 0) is 25.5 Å². The summed E-state index contributed by atoms with van der Waals surface area (Å²) in [5.74, 6) is 0. The first-order valence-corrected chi connectivity index (χ1v) is 7.48. The average Bonchev–Trinajstić information content (AvgIpc) is 3.03. The van der Waals surface area contributed by atoms with Crippen LogP contribution in [0.5, 0.6) is 0 Å². The summed E-state index contributed by atoms with van der Waals surface area (Å²) in [4.78, 5) is 0. The van der Waals surface area contributed by atoms with Crippen molar-refractivity contribution in [2.24, 2.45) is 7.05 Å². The number of nitrogens with zero attached hydrogens (tertiary/aromatic N) is 4. The van der Waals surface area contributed by atoms with Crippen LogP contribution in [0.25, 0.3) is 0 Å². The Labute approximate surface area is 121 Å². The quantitative estimate of drug-likeness (QED) is 0.843. The van der Waals surface area contributed by atoms with Gasteiger partial charge in [0.25, 0.3) is 0 Å². The molecule has 2 heterocycles. The Morgan fingerprint density at radius 3 is 2.70 bits per heavy atom. The molecule has 1 N–H and O–H groups in total. The molecular weight excluding hydrogens is 250 g/mol. The van der Waals surface area contributed by atoms with Gasteiger partial charge in [-0.15, -0.1) is 0 Å². The van der Waals surface area contributed by atoms with Gasteiger partial charge in [0, 0.05) is 25.4 Å². The monoisotopic (exact) mass is 275 g/mol. The lowest BCUT2D eigenvalue weighted by Gasteiger charge is -2.16. The lowest BCUT2D eigenvalue weighted by atomic mass is 10.1. The molecule has 0 saturated heterocycles. The van der Waals surface area contributed by atoms with Crippen molar-refractivity contribution >= 4 is 0 Å². The molecule has 2 aromatic rings. The van der Waals surface area contributed by atoms with Crippen LogP contribution in [-0.2, 0) is 20.0 Å². The summed E-state index contributed by atoms with van der Waals surface area (Å²) in [7, 11) is 2.01. The van der Waals surface area contributed by atoms with Crippen molar-refractivity contribution in [3.05, 3.63) is 35.4 Å². The van der Waals surface area contributed by atoms with Crippen LogP contribution in [-0.4, -0.2) is 26.1 Å². The molecule has 0 bridgehead atoms. The Bertz CT molecular complexity index is 540. The van der Waals surface area contributed by atoms with Crippen LogP contribution in [0, 0.1) is 0 Å². The van der Waals surface area contributed by atoms with Crippen LogP contribution in [0.1, 0.15) is 50.2 Å². The number of aryl methyl sites for hydroxylation is 3. The molecule has 1 atom stereocenters.